The molecular weight excluding hydrogens is 332 g/mol. The lowest BCUT2D eigenvalue weighted by Gasteiger charge is -2.56. The highest BCUT2D eigenvalue weighted by Gasteiger charge is 2.66. The summed E-state index contributed by atoms with van der Waals surface area (Å²) in [5.41, 5.74) is -1.87. The van der Waals surface area contributed by atoms with Crippen LogP contribution in [-0.2, 0) is 4.79 Å². The average Bonchev–Trinajstić information content (AvgIpc) is 2.87. The minimum Gasteiger partial charge on any atom is -0.508 e. The second-order valence-corrected chi connectivity index (χ2v) is 9.10. The number of fused-ring (bicyclic) bond motifs is 5. The molecule has 7 atom stereocenters. The summed E-state index contributed by atoms with van der Waals surface area (Å²) in [4.78, 5) is 12.2. The normalized spacial score (nSPS) is 50.0. The molecule has 0 heterocycles. The van der Waals surface area contributed by atoms with Gasteiger partial charge in [0.15, 0.2) is 11.5 Å². The van der Waals surface area contributed by atoms with E-state index < -0.39 is 22.5 Å². The van der Waals surface area contributed by atoms with Crippen LogP contribution in [0.25, 0.3) is 0 Å². The molecule has 2 fully saturated rings. The second-order valence-electron chi connectivity index (χ2n) is 9.10. The Hall–Kier alpha value is -1.59. The predicted molar refractivity (Wildman–Crippen MR) is 96.3 cm³/mol. The zero-order chi connectivity index (χ0) is 19.1. The van der Waals surface area contributed by atoms with E-state index in [0.29, 0.717) is 24.8 Å². The van der Waals surface area contributed by atoms with Gasteiger partial charge in [0.25, 0.3) is 0 Å². The van der Waals surface area contributed by atoms with E-state index in [1.165, 1.54) is 6.92 Å². The van der Waals surface area contributed by atoms with Crippen LogP contribution < -0.4 is 0 Å². The maximum absolute atomic E-state index is 12.2. The van der Waals surface area contributed by atoms with Gasteiger partial charge in [-0.15, -0.1) is 0 Å². The van der Waals surface area contributed by atoms with Crippen molar-refractivity contribution < 1.29 is 25.2 Å². The summed E-state index contributed by atoms with van der Waals surface area (Å²) in [6.07, 6.45) is 6.98. The Morgan fingerprint density at radius 2 is 1.81 bits per heavy atom. The van der Waals surface area contributed by atoms with Crippen molar-refractivity contribution in [1.82, 2.24) is 0 Å². The molecule has 0 radical (unpaired) electrons. The number of carbonyl (C=O) groups excluding carboxylic acids is 1. The lowest BCUT2D eigenvalue weighted by atomic mass is 9.48. The van der Waals surface area contributed by atoms with Crippen molar-refractivity contribution >= 4 is 5.78 Å². The highest BCUT2D eigenvalue weighted by molar-refractivity contribution is 5.86. The first-order valence-corrected chi connectivity index (χ1v) is 9.52. The Labute approximate surface area is 153 Å². The van der Waals surface area contributed by atoms with E-state index in [1.54, 1.807) is 12.2 Å². The molecule has 0 aromatic heterocycles. The summed E-state index contributed by atoms with van der Waals surface area (Å²) in [6, 6.07) is 0. The lowest BCUT2D eigenvalue weighted by Crippen LogP contribution is -2.57. The van der Waals surface area contributed by atoms with E-state index in [4.69, 9.17) is 0 Å². The van der Waals surface area contributed by atoms with Crippen molar-refractivity contribution in [1.29, 1.82) is 0 Å². The Balaban J connectivity index is 1.85. The van der Waals surface area contributed by atoms with Crippen molar-refractivity contribution in [2.75, 3.05) is 0 Å². The SMILES string of the molecule is CC(=O)[C@@]1(O)CC[C@H]2[C@@H]3C(O)=C(O)C4=CC(O)C=C[C@]4(C)[C@H]3CC[C@@]21C. The fraction of sp³-hybridized carbons (Fsp3) is 0.667. The molecule has 0 saturated heterocycles. The first kappa shape index (κ1) is 17.8. The van der Waals surface area contributed by atoms with Crippen LogP contribution in [0.15, 0.2) is 35.3 Å². The maximum Gasteiger partial charge on any atom is 0.161 e. The van der Waals surface area contributed by atoms with Gasteiger partial charge in [-0.25, -0.2) is 0 Å². The van der Waals surface area contributed by atoms with Gasteiger partial charge < -0.3 is 20.4 Å². The van der Waals surface area contributed by atoms with Crippen LogP contribution >= 0.6 is 0 Å². The molecule has 2 saturated carbocycles. The minimum atomic E-state index is -1.37. The van der Waals surface area contributed by atoms with Gasteiger partial charge in [0.05, 0.1) is 6.10 Å². The molecule has 0 aliphatic heterocycles. The number of Topliss-reactive ketones (excluding diaryl/α,β-unsaturated/α-hetero) is 1. The third-order valence-electron chi connectivity index (χ3n) is 8.15. The lowest BCUT2D eigenvalue weighted by molar-refractivity contribution is -0.157. The first-order valence-electron chi connectivity index (χ1n) is 9.52. The van der Waals surface area contributed by atoms with Gasteiger partial charge in [-0.05, 0) is 50.5 Å². The van der Waals surface area contributed by atoms with E-state index in [9.17, 15) is 25.2 Å². The number of allylic oxidation sites excluding steroid dienone is 3. The number of ketones is 1. The highest BCUT2D eigenvalue weighted by atomic mass is 16.3. The molecule has 0 aromatic rings. The zero-order valence-corrected chi connectivity index (χ0v) is 15.6. The predicted octanol–water partition coefficient (Wildman–Crippen LogP) is 2.95. The summed E-state index contributed by atoms with van der Waals surface area (Å²) in [5, 5.41) is 42.7. The standard InChI is InChI=1S/C21H28O5/c1-11(22)21(26)9-6-14-16-13(5-8-20(14,21)3)19(2)7-4-12(23)10-15(19)17(24)18(16)25/h4,7,10,12-14,16,23-26H,5-6,8-9H2,1-3H3/t12?,13-,14-,16+,19+,20-,21-/m0/s1. The summed E-state index contributed by atoms with van der Waals surface area (Å²) in [5.74, 6) is -0.734. The van der Waals surface area contributed by atoms with Crippen LogP contribution in [0.3, 0.4) is 0 Å². The molecule has 142 valence electrons. The third kappa shape index (κ3) is 1.91. The van der Waals surface area contributed by atoms with Gasteiger partial charge in [-0.2, -0.15) is 0 Å². The smallest absolute Gasteiger partial charge is 0.161 e. The average molecular weight is 360 g/mol. The number of hydrogen-bond acceptors (Lipinski definition) is 5. The molecule has 0 spiro atoms. The number of aliphatic hydroxyl groups excluding tert-OH is 3. The maximum atomic E-state index is 12.2. The molecule has 0 aromatic carbocycles. The van der Waals surface area contributed by atoms with Gasteiger partial charge in [0.2, 0.25) is 0 Å². The largest absolute Gasteiger partial charge is 0.508 e. The van der Waals surface area contributed by atoms with Crippen LogP contribution in [0.4, 0.5) is 0 Å². The van der Waals surface area contributed by atoms with E-state index >= 15 is 0 Å². The molecule has 4 aliphatic carbocycles. The minimum absolute atomic E-state index is 0.0510. The molecule has 4 N–H and O–H groups in total. The Morgan fingerprint density at radius 3 is 2.46 bits per heavy atom. The quantitative estimate of drug-likeness (QED) is 0.539. The fourth-order valence-electron chi connectivity index (χ4n) is 6.54. The number of aliphatic hydroxyl groups is 4. The van der Waals surface area contributed by atoms with E-state index in [0.717, 1.165) is 6.42 Å². The van der Waals surface area contributed by atoms with E-state index in [2.05, 4.69) is 0 Å². The molecule has 0 amide bonds. The molecule has 4 aliphatic rings. The number of hydrogen-bond donors (Lipinski definition) is 4. The summed E-state index contributed by atoms with van der Waals surface area (Å²) in [6.45, 7) is 5.44. The Bertz CT molecular complexity index is 764. The van der Waals surface area contributed by atoms with Gasteiger partial charge in [-0.1, -0.05) is 26.0 Å². The van der Waals surface area contributed by atoms with Crippen molar-refractivity contribution in [2.24, 2.45) is 28.6 Å². The monoisotopic (exact) mass is 360 g/mol. The fourth-order valence-corrected chi connectivity index (χ4v) is 6.54. The molecule has 4 rings (SSSR count). The van der Waals surface area contributed by atoms with Crippen molar-refractivity contribution in [3.63, 3.8) is 0 Å². The number of rotatable bonds is 1. The second kappa shape index (κ2) is 5.23. The molecule has 26 heavy (non-hydrogen) atoms. The highest BCUT2D eigenvalue weighted by Crippen LogP contribution is 2.67. The molecule has 1 unspecified atom stereocenters. The molecule has 5 heteroatoms. The number of carbonyl (C=O) groups is 1. The molecular formula is C21H28O5. The van der Waals surface area contributed by atoms with E-state index in [-0.39, 0.29) is 35.1 Å². The van der Waals surface area contributed by atoms with Crippen LogP contribution in [-0.4, -0.2) is 37.9 Å². The summed E-state index contributed by atoms with van der Waals surface area (Å²) in [7, 11) is 0. The zero-order valence-electron chi connectivity index (χ0n) is 15.6. The van der Waals surface area contributed by atoms with Gasteiger partial charge in [0.1, 0.15) is 11.4 Å². The van der Waals surface area contributed by atoms with Crippen LogP contribution in [0.5, 0.6) is 0 Å². The summed E-state index contributed by atoms with van der Waals surface area (Å²) < 4.78 is 0. The van der Waals surface area contributed by atoms with Crippen molar-refractivity contribution in [3.05, 3.63) is 35.3 Å². The van der Waals surface area contributed by atoms with E-state index in [1.807, 2.05) is 19.9 Å². The Morgan fingerprint density at radius 1 is 1.15 bits per heavy atom. The Kier molecular flexibility index (Phi) is 3.58. The van der Waals surface area contributed by atoms with Crippen molar-refractivity contribution in [2.45, 2.75) is 58.2 Å². The van der Waals surface area contributed by atoms with Gasteiger partial charge >= 0.3 is 0 Å². The topological polar surface area (TPSA) is 98.0 Å². The van der Waals surface area contributed by atoms with Crippen LogP contribution in [0.2, 0.25) is 0 Å². The first-order chi connectivity index (χ1) is 12.1. The van der Waals surface area contributed by atoms with Gasteiger partial charge in [0, 0.05) is 22.3 Å². The molecule has 0 bridgehead atoms. The van der Waals surface area contributed by atoms with Gasteiger partial charge in [-0.3, -0.25) is 4.79 Å². The van der Waals surface area contributed by atoms with Crippen molar-refractivity contribution in [3.8, 4) is 0 Å². The summed E-state index contributed by atoms with van der Waals surface area (Å²) >= 11 is 0. The van der Waals surface area contributed by atoms with Crippen LogP contribution in [0, 0.1) is 28.6 Å². The third-order valence-corrected chi connectivity index (χ3v) is 8.15. The molecule has 5 nitrogen and oxygen atoms in total. The van der Waals surface area contributed by atoms with Crippen LogP contribution in [0.1, 0.15) is 46.5 Å².